The SMILES string of the molecule is COC(=O)Cc1csc(NC(=O)CSc2ccc(OC)cc2)n1. The molecule has 23 heavy (non-hydrogen) atoms. The molecule has 0 saturated heterocycles. The molecule has 0 radical (unpaired) electrons. The number of carbonyl (C=O) groups is 2. The largest absolute Gasteiger partial charge is 0.497 e. The Labute approximate surface area is 142 Å². The molecule has 1 heterocycles. The lowest BCUT2D eigenvalue weighted by Gasteiger charge is -2.03. The Bertz CT molecular complexity index is 670. The number of methoxy groups -OCH3 is 2. The van der Waals surface area contributed by atoms with E-state index in [-0.39, 0.29) is 24.1 Å². The smallest absolute Gasteiger partial charge is 0.311 e. The molecule has 2 aromatic rings. The van der Waals surface area contributed by atoms with Crippen LogP contribution in [-0.2, 0) is 20.7 Å². The Balaban J connectivity index is 1.81. The van der Waals surface area contributed by atoms with E-state index < -0.39 is 0 Å². The average Bonchev–Trinajstić information content (AvgIpc) is 3.00. The Morgan fingerprint density at radius 3 is 2.65 bits per heavy atom. The molecule has 0 aliphatic rings. The summed E-state index contributed by atoms with van der Waals surface area (Å²) in [7, 11) is 2.94. The summed E-state index contributed by atoms with van der Waals surface area (Å²) in [6, 6.07) is 7.49. The van der Waals surface area contributed by atoms with Crippen LogP contribution < -0.4 is 10.1 Å². The maximum Gasteiger partial charge on any atom is 0.311 e. The van der Waals surface area contributed by atoms with Gasteiger partial charge in [0.1, 0.15) is 5.75 Å². The topological polar surface area (TPSA) is 77.5 Å². The first-order valence-electron chi connectivity index (χ1n) is 6.68. The molecule has 1 amide bonds. The summed E-state index contributed by atoms with van der Waals surface area (Å²) in [5.74, 6) is 0.547. The zero-order valence-corrected chi connectivity index (χ0v) is 14.3. The van der Waals surface area contributed by atoms with Crippen LogP contribution in [0.5, 0.6) is 5.75 Å². The predicted molar refractivity (Wildman–Crippen MR) is 90.2 cm³/mol. The van der Waals surface area contributed by atoms with E-state index in [9.17, 15) is 9.59 Å². The van der Waals surface area contributed by atoms with Gasteiger partial charge in [0.15, 0.2) is 5.13 Å². The fourth-order valence-electron chi connectivity index (χ4n) is 1.64. The Morgan fingerprint density at radius 2 is 2.00 bits per heavy atom. The third kappa shape index (κ3) is 5.57. The molecule has 122 valence electrons. The molecule has 1 aromatic heterocycles. The molecule has 2 rings (SSSR count). The van der Waals surface area contributed by atoms with E-state index in [0.29, 0.717) is 10.8 Å². The maximum atomic E-state index is 11.9. The summed E-state index contributed by atoms with van der Waals surface area (Å²) in [4.78, 5) is 28.2. The van der Waals surface area contributed by atoms with Gasteiger partial charge in [0.05, 0.1) is 32.1 Å². The minimum absolute atomic E-state index is 0.101. The molecule has 0 unspecified atom stereocenters. The summed E-state index contributed by atoms with van der Waals surface area (Å²) in [5.41, 5.74) is 0.583. The van der Waals surface area contributed by atoms with Gasteiger partial charge in [0, 0.05) is 10.3 Å². The second kappa shape index (κ2) is 8.54. The monoisotopic (exact) mass is 352 g/mol. The fraction of sp³-hybridized carbons (Fsp3) is 0.267. The van der Waals surface area contributed by atoms with Crippen LogP contribution >= 0.6 is 23.1 Å². The first kappa shape index (κ1) is 17.3. The van der Waals surface area contributed by atoms with Gasteiger partial charge in [-0.1, -0.05) is 0 Å². The molecule has 0 aliphatic carbocycles. The third-order valence-corrected chi connectivity index (χ3v) is 4.60. The molecule has 0 atom stereocenters. The van der Waals surface area contributed by atoms with E-state index in [1.807, 2.05) is 24.3 Å². The number of anilines is 1. The Hall–Kier alpha value is -2.06. The molecule has 0 aliphatic heterocycles. The Kier molecular flexibility index (Phi) is 6.42. The lowest BCUT2D eigenvalue weighted by molar-refractivity contribution is -0.139. The molecule has 6 nitrogen and oxygen atoms in total. The zero-order valence-electron chi connectivity index (χ0n) is 12.7. The number of hydrogen-bond donors (Lipinski definition) is 1. The van der Waals surface area contributed by atoms with Crippen LogP contribution in [0.25, 0.3) is 0 Å². The number of aromatic nitrogens is 1. The number of thioether (sulfide) groups is 1. The van der Waals surface area contributed by atoms with Gasteiger partial charge < -0.3 is 14.8 Å². The summed E-state index contributed by atoms with van der Waals surface area (Å²) >= 11 is 2.70. The van der Waals surface area contributed by atoms with Gasteiger partial charge in [0.25, 0.3) is 0 Å². The second-order valence-corrected chi connectivity index (χ2v) is 6.32. The zero-order chi connectivity index (χ0) is 16.7. The van der Waals surface area contributed by atoms with E-state index in [0.717, 1.165) is 10.6 Å². The van der Waals surface area contributed by atoms with E-state index in [2.05, 4.69) is 15.0 Å². The molecule has 8 heteroatoms. The van der Waals surface area contributed by atoms with Gasteiger partial charge >= 0.3 is 5.97 Å². The summed E-state index contributed by atoms with van der Waals surface area (Å²) in [6.45, 7) is 0. The second-order valence-electron chi connectivity index (χ2n) is 4.41. The van der Waals surface area contributed by atoms with Crippen molar-refractivity contribution in [2.24, 2.45) is 0 Å². The van der Waals surface area contributed by atoms with Crippen molar-refractivity contribution in [1.82, 2.24) is 4.98 Å². The van der Waals surface area contributed by atoms with Crippen LogP contribution in [0, 0.1) is 0 Å². The number of esters is 1. The molecular weight excluding hydrogens is 336 g/mol. The van der Waals surface area contributed by atoms with Crippen molar-refractivity contribution in [1.29, 1.82) is 0 Å². The van der Waals surface area contributed by atoms with Gasteiger partial charge in [-0.05, 0) is 24.3 Å². The fourth-order valence-corrected chi connectivity index (χ4v) is 3.07. The summed E-state index contributed by atoms with van der Waals surface area (Å²) < 4.78 is 9.66. The predicted octanol–water partition coefficient (Wildman–Crippen LogP) is 2.60. The van der Waals surface area contributed by atoms with E-state index >= 15 is 0 Å². The molecule has 0 spiro atoms. The number of carbonyl (C=O) groups excluding carboxylic acids is 2. The first-order chi connectivity index (χ1) is 11.1. The van der Waals surface area contributed by atoms with E-state index in [4.69, 9.17) is 4.74 Å². The van der Waals surface area contributed by atoms with Crippen molar-refractivity contribution in [2.75, 3.05) is 25.3 Å². The molecule has 0 bridgehead atoms. The molecule has 1 aromatic carbocycles. The number of rotatable bonds is 7. The van der Waals surface area contributed by atoms with Gasteiger partial charge in [-0.25, -0.2) is 4.98 Å². The summed E-state index contributed by atoms with van der Waals surface area (Å²) in [6.07, 6.45) is 0.101. The van der Waals surface area contributed by atoms with Crippen molar-refractivity contribution in [3.8, 4) is 5.75 Å². The molecular formula is C15H16N2O4S2. The summed E-state index contributed by atoms with van der Waals surface area (Å²) in [5, 5.41) is 4.92. The molecule has 1 N–H and O–H groups in total. The number of hydrogen-bond acceptors (Lipinski definition) is 7. The lowest BCUT2D eigenvalue weighted by Crippen LogP contribution is -2.14. The van der Waals surface area contributed by atoms with Crippen molar-refractivity contribution in [3.05, 3.63) is 35.3 Å². The lowest BCUT2D eigenvalue weighted by atomic mass is 10.3. The number of nitrogens with zero attached hydrogens (tertiary/aromatic N) is 1. The standard InChI is InChI=1S/C15H16N2O4S2/c1-20-11-3-5-12(6-4-11)22-9-13(18)17-15-16-10(8-23-15)7-14(19)21-2/h3-6,8H,7,9H2,1-2H3,(H,16,17,18). The molecule has 0 saturated carbocycles. The number of thiazole rings is 1. The van der Waals surface area contributed by atoms with Crippen molar-refractivity contribution >= 4 is 40.1 Å². The van der Waals surface area contributed by atoms with Gasteiger partial charge in [-0.15, -0.1) is 23.1 Å². The third-order valence-electron chi connectivity index (χ3n) is 2.78. The quantitative estimate of drug-likeness (QED) is 0.610. The number of benzene rings is 1. The van der Waals surface area contributed by atoms with Crippen molar-refractivity contribution in [2.45, 2.75) is 11.3 Å². The van der Waals surface area contributed by atoms with E-state index in [1.54, 1.807) is 12.5 Å². The highest BCUT2D eigenvalue weighted by Gasteiger charge is 2.10. The highest BCUT2D eigenvalue weighted by atomic mass is 32.2. The van der Waals surface area contributed by atoms with Crippen LogP contribution in [0.4, 0.5) is 5.13 Å². The number of ether oxygens (including phenoxy) is 2. The molecule has 0 fully saturated rings. The van der Waals surface area contributed by atoms with Crippen LogP contribution in [0.3, 0.4) is 0 Å². The normalized spacial score (nSPS) is 10.2. The number of amides is 1. The van der Waals surface area contributed by atoms with Crippen LogP contribution in [0.2, 0.25) is 0 Å². The Morgan fingerprint density at radius 1 is 1.26 bits per heavy atom. The highest BCUT2D eigenvalue weighted by molar-refractivity contribution is 8.00. The van der Waals surface area contributed by atoms with Gasteiger partial charge in [0.2, 0.25) is 5.91 Å². The van der Waals surface area contributed by atoms with Crippen LogP contribution in [0.15, 0.2) is 34.5 Å². The minimum atomic E-state index is -0.358. The van der Waals surface area contributed by atoms with E-state index in [1.165, 1.54) is 30.2 Å². The van der Waals surface area contributed by atoms with Crippen molar-refractivity contribution in [3.63, 3.8) is 0 Å². The first-order valence-corrected chi connectivity index (χ1v) is 8.55. The van der Waals surface area contributed by atoms with Gasteiger partial charge in [-0.2, -0.15) is 0 Å². The average molecular weight is 352 g/mol. The maximum absolute atomic E-state index is 11.9. The number of nitrogens with one attached hydrogen (secondary N) is 1. The minimum Gasteiger partial charge on any atom is -0.497 e. The van der Waals surface area contributed by atoms with Crippen LogP contribution in [-0.4, -0.2) is 36.8 Å². The van der Waals surface area contributed by atoms with Gasteiger partial charge in [-0.3, -0.25) is 9.59 Å². The van der Waals surface area contributed by atoms with Crippen molar-refractivity contribution < 1.29 is 19.1 Å². The highest BCUT2D eigenvalue weighted by Crippen LogP contribution is 2.22. The van der Waals surface area contributed by atoms with Crippen LogP contribution in [0.1, 0.15) is 5.69 Å².